The van der Waals surface area contributed by atoms with Crippen LogP contribution in [0.4, 0.5) is 0 Å². The van der Waals surface area contributed by atoms with Gasteiger partial charge in [-0.3, -0.25) is 9.59 Å². The van der Waals surface area contributed by atoms with Gasteiger partial charge in [0.2, 0.25) is 5.91 Å². The molecule has 0 radical (unpaired) electrons. The van der Waals surface area contributed by atoms with Crippen LogP contribution in [0.5, 0.6) is 0 Å². The number of carbonyl (C=O) groups excluding carboxylic acids is 1. The molecule has 2 unspecified atom stereocenters. The lowest BCUT2D eigenvalue weighted by Gasteiger charge is -2.22. The number of benzene rings is 1. The quantitative estimate of drug-likeness (QED) is 0.792. The fraction of sp³-hybridized carbons (Fsp3) is 0.467. The Labute approximate surface area is 113 Å². The Balaban J connectivity index is 2.58. The van der Waals surface area contributed by atoms with Crippen LogP contribution in [0.15, 0.2) is 30.3 Å². The lowest BCUT2D eigenvalue weighted by Crippen LogP contribution is -2.41. The highest BCUT2D eigenvalue weighted by Crippen LogP contribution is 2.11. The van der Waals surface area contributed by atoms with E-state index in [0.717, 1.165) is 12.0 Å². The first-order valence-corrected chi connectivity index (χ1v) is 6.58. The number of carboxylic acids is 1. The molecule has 19 heavy (non-hydrogen) atoms. The van der Waals surface area contributed by atoms with Crippen LogP contribution < -0.4 is 5.32 Å². The maximum Gasteiger partial charge on any atom is 0.305 e. The van der Waals surface area contributed by atoms with Gasteiger partial charge < -0.3 is 10.4 Å². The van der Waals surface area contributed by atoms with Gasteiger partial charge in [0.1, 0.15) is 0 Å². The van der Waals surface area contributed by atoms with Crippen molar-refractivity contribution < 1.29 is 14.7 Å². The van der Waals surface area contributed by atoms with Crippen molar-refractivity contribution in [3.05, 3.63) is 35.9 Å². The zero-order valence-electron chi connectivity index (χ0n) is 11.4. The van der Waals surface area contributed by atoms with Gasteiger partial charge in [0.05, 0.1) is 12.8 Å². The number of nitrogens with one attached hydrogen (secondary N) is 1. The van der Waals surface area contributed by atoms with E-state index in [0.29, 0.717) is 0 Å². The Hall–Kier alpha value is -1.84. The van der Waals surface area contributed by atoms with Crippen molar-refractivity contribution in [2.75, 3.05) is 0 Å². The second-order valence-electron chi connectivity index (χ2n) is 4.82. The van der Waals surface area contributed by atoms with Crippen molar-refractivity contribution >= 4 is 11.9 Å². The number of carbonyl (C=O) groups is 2. The minimum Gasteiger partial charge on any atom is -0.481 e. The van der Waals surface area contributed by atoms with Crippen molar-refractivity contribution in [2.24, 2.45) is 5.92 Å². The molecule has 1 amide bonds. The van der Waals surface area contributed by atoms with E-state index in [4.69, 9.17) is 5.11 Å². The molecule has 4 nitrogen and oxygen atoms in total. The second kappa shape index (κ2) is 7.56. The zero-order chi connectivity index (χ0) is 14.3. The van der Waals surface area contributed by atoms with Gasteiger partial charge >= 0.3 is 5.97 Å². The van der Waals surface area contributed by atoms with Crippen molar-refractivity contribution in [3.63, 3.8) is 0 Å². The number of rotatable bonds is 7. The first-order valence-electron chi connectivity index (χ1n) is 6.58. The Morgan fingerprint density at radius 3 is 2.42 bits per heavy atom. The van der Waals surface area contributed by atoms with Crippen LogP contribution in [-0.4, -0.2) is 23.0 Å². The van der Waals surface area contributed by atoms with Crippen LogP contribution in [0.25, 0.3) is 0 Å². The normalized spacial score (nSPS) is 13.6. The summed E-state index contributed by atoms with van der Waals surface area (Å²) in [6, 6.07) is 9.12. The smallest absolute Gasteiger partial charge is 0.305 e. The lowest BCUT2D eigenvalue weighted by molar-refractivity contribution is -0.138. The highest BCUT2D eigenvalue weighted by Gasteiger charge is 2.21. The largest absolute Gasteiger partial charge is 0.481 e. The molecule has 0 aliphatic heterocycles. The minimum absolute atomic E-state index is 0.0322. The zero-order valence-corrected chi connectivity index (χ0v) is 11.4. The molecule has 1 rings (SSSR count). The van der Waals surface area contributed by atoms with Crippen LogP contribution in [0.2, 0.25) is 0 Å². The number of carboxylic acid groups (broad SMARTS) is 1. The van der Waals surface area contributed by atoms with Gasteiger partial charge in [0.15, 0.2) is 0 Å². The summed E-state index contributed by atoms with van der Waals surface area (Å²) in [6.45, 7) is 3.94. The molecular weight excluding hydrogens is 242 g/mol. The Kier molecular flexibility index (Phi) is 6.06. The summed E-state index contributed by atoms with van der Waals surface area (Å²) in [5, 5.41) is 11.7. The van der Waals surface area contributed by atoms with Crippen molar-refractivity contribution in [2.45, 2.75) is 39.2 Å². The van der Waals surface area contributed by atoms with Gasteiger partial charge in [-0.05, 0) is 11.5 Å². The van der Waals surface area contributed by atoms with E-state index >= 15 is 0 Å². The Morgan fingerprint density at radius 1 is 1.26 bits per heavy atom. The molecule has 0 spiro atoms. The highest BCUT2D eigenvalue weighted by atomic mass is 16.4. The summed E-state index contributed by atoms with van der Waals surface area (Å²) < 4.78 is 0. The maximum absolute atomic E-state index is 11.9. The molecule has 0 bridgehead atoms. The van der Waals surface area contributed by atoms with E-state index in [9.17, 15) is 9.59 Å². The molecule has 1 aromatic carbocycles. The van der Waals surface area contributed by atoms with Gasteiger partial charge in [-0.1, -0.05) is 50.6 Å². The molecule has 0 heterocycles. The molecule has 104 valence electrons. The third-order valence-electron chi connectivity index (χ3n) is 3.28. The van der Waals surface area contributed by atoms with E-state index in [-0.39, 0.29) is 30.7 Å². The third kappa shape index (κ3) is 5.55. The Morgan fingerprint density at radius 2 is 1.89 bits per heavy atom. The van der Waals surface area contributed by atoms with E-state index in [2.05, 4.69) is 5.32 Å². The van der Waals surface area contributed by atoms with Gasteiger partial charge in [0, 0.05) is 6.04 Å². The summed E-state index contributed by atoms with van der Waals surface area (Å²) >= 11 is 0. The van der Waals surface area contributed by atoms with Gasteiger partial charge in [0.25, 0.3) is 0 Å². The number of hydrogen-bond acceptors (Lipinski definition) is 2. The minimum atomic E-state index is -0.884. The van der Waals surface area contributed by atoms with Crippen LogP contribution in [0.1, 0.15) is 32.3 Å². The summed E-state index contributed by atoms with van der Waals surface area (Å²) in [7, 11) is 0. The van der Waals surface area contributed by atoms with Crippen molar-refractivity contribution in [1.29, 1.82) is 0 Å². The summed E-state index contributed by atoms with van der Waals surface area (Å²) in [4.78, 5) is 22.7. The average molecular weight is 263 g/mol. The monoisotopic (exact) mass is 263 g/mol. The molecule has 0 aromatic heterocycles. The standard InChI is InChI=1S/C15H21NO3/c1-3-11(2)13(10-15(18)19)16-14(17)9-12-7-5-4-6-8-12/h4-8,11,13H,3,9-10H2,1-2H3,(H,16,17)(H,18,19). The number of aliphatic carboxylic acids is 1. The molecule has 0 saturated heterocycles. The highest BCUT2D eigenvalue weighted by molar-refractivity contribution is 5.79. The lowest BCUT2D eigenvalue weighted by atomic mass is 9.96. The molecule has 0 saturated carbocycles. The molecule has 4 heteroatoms. The van der Waals surface area contributed by atoms with E-state index < -0.39 is 5.97 Å². The van der Waals surface area contributed by atoms with E-state index in [1.807, 2.05) is 44.2 Å². The Bertz CT molecular complexity index is 417. The number of amides is 1. The van der Waals surface area contributed by atoms with E-state index in [1.165, 1.54) is 0 Å². The number of hydrogen-bond donors (Lipinski definition) is 2. The van der Waals surface area contributed by atoms with Crippen LogP contribution >= 0.6 is 0 Å². The molecule has 0 fully saturated rings. The summed E-state index contributed by atoms with van der Waals surface area (Å²) in [5.74, 6) is -0.862. The molecule has 2 atom stereocenters. The van der Waals surface area contributed by atoms with Gasteiger partial charge in [-0.25, -0.2) is 0 Å². The van der Waals surface area contributed by atoms with Crippen molar-refractivity contribution in [3.8, 4) is 0 Å². The van der Waals surface area contributed by atoms with Crippen molar-refractivity contribution in [1.82, 2.24) is 5.32 Å². The fourth-order valence-electron chi connectivity index (χ4n) is 1.91. The SMILES string of the molecule is CCC(C)C(CC(=O)O)NC(=O)Cc1ccccc1. The predicted octanol–water partition coefficient (Wildman–Crippen LogP) is 2.23. The molecular formula is C15H21NO3. The van der Waals surface area contributed by atoms with Crippen LogP contribution in [0.3, 0.4) is 0 Å². The maximum atomic E-state index is 11.9. The first-order chi connectivity index (χ1) is 9.02. The molecule has 0 aliphatic carbocycles. The topological polar surface area (TPSA) is 66.4 Å². The molecule has 0 aliphatic rings. The summed E-state index contributed by atoms with van der Waals surface area (Å²) in [6.07, 6.45) is 1.09. The average Bonchev–Trinajstić information content (AvgIpc) is 2.37. The predicted molar refractivity (Wildman–Crippen MR) is 73.8 cm³/mol. The van der Waals surface area contributed by atoms with Gasteiger partial charge in [-0.2, -0.15) is 0 Å². The fourth-order valence-corrected chi connectivity index (χ4v) is 1.91. The third-order valence-corrected chi connectivity index (χ3v) is 3.28. The molecule has 2 N–H and O–H groups in total. The first kappa shape index (κ1) is 15.2. The van der Waals surface area contributed by atoms with Crippen LogP contribution in [0, 0.1) is 5.92 Å². The molecule has 1 aromatic rings. The summed E-state index contributed by atoms with van der Waals surface area (Å²) in [5.41, 5.74) is 0.929. The van der Waals surface area contributed by atoms with Crippen LogP contribution in [-0.2, 0) is 16.0 Å². The van der Waals surface area contributed by atoms with Gasteiger partial charge in [-0.15, -0.1) is 0 Å². The van der Waals surface area contributed by atoms with E-state index in [1.54, 1.807) is 0 Å². The second-order valence-corrected chi connectivity index (χ2v) is 4.82.